The molecule has 0 nitrogen and oxygen atoms in total. The molecule has 0 heterocycles. The lowest BCUT2D eigenvalue weighted by molar-refractivity contribution is 1.46. The Kier molecular flexibility index (Phi) is 4.18. The number of aryl methyl sites for hydroxylation is 1. The van der Waals surface area contributed by atoms with Gasteiger partial charge in [0.25, 0.3) is 0 Å². The molecule has 0 bridgehead atoms. The standard InChI is InChI=1S/C26H18/c1-3-8-21-22-9-4-6-11-24(22)26(25-12-7-5-10-23(21)25)18-17-20-15-13-19(2)14-16-20/h4-7,9-16H,1-2H3. The van der Waals surface area contributed by atoms with Gasteiger partial charge in [-0.25, -0.2) is 0 Å². The van der Waals surface area contributed by atoms with E-state index in [1.54, 1.807) is 0 Å². The second-order valence-corrected chi connectivity index (χ2v) is 6.33. The van der Waals surface area contributed by atoms with E-state index in [4.69, 9.17) is 0 Å². The van der Waals surface area contributed by atoms with Crippen molar-refractivity contribution < 1.29 is 0 Å². The summed E-state index contributed by atoms with van der Waals surface area (Å²) in [6, 6.07) is 25.2. The molecule has 0 unspecified atom stereocenters. The van der Waals surface area contributed by atoms with Crippen molar-refractivity contribution in [1.82, 2.24) is 0 Å². The highest BCUT2D eigenvalue weighted by atomic mass is 14.1. The zero-order valence-corrected chi connectivity index (χ0v) is 14.9. The molecule has 0 heteroatoms. The highest BCUT2D eigenvalue weighted by molar-refractivity contribution is 6.09. The first-order chi connectivity index (χ1) is 12.8. The van der Waals surface area contributed by atoms with Crippen LogP contribution in [0.2, 0.25) is 0 Å². The minimum atomic E-state index is 1.03. The number of hydrogen-bond donors (Lipinski definition) is 0. The molecular formula is C26H18. The molecule has 0 N–H and O–H groups in total. The number of hydrogen-bond acceptors (Lipinski definition) is 0. The van der Waals surface area contributed by atoms with Gasteiger partial charge in [-0.1, -0.05) is 84.0 Å². The summed E-state index contributed by atoms with van der Waals surface area (Å²) < 4.78 is 0. The summed E-state index contributed by atoms with van der Waals surface area (Å²) in [5.74, 6) is 13.1. The largest absolute Gasteiger partial charge is 0.101 e. The second kappa shape index (κ2) is 6.79. The van der Waals surface area contributed by atoms with Gasteiger partial charge in [-0.3, -0.25) is 0 Å². The second-order valence-electron chi connectivity index (χ2n) is 6.33. The van der Waals surface area contributed by atoms with Gasteiger partial charge in [0.1, 0.15) is 0 Å². The van der Waals surface area contributed by atoms with E-state index in [2.05, 4.69) is 103 Å². The molecule has 0 saturated heterocycles. The van der Waals surface area contributed by atoms with Crippen LogP contribution in [0.4, 0.5) is 0 Å². The molecule has 0 saturated carbocycles. The summed E-state index contributed by atoms with van der Waals surface area (Å²) in [7, 11) is 0. The normalized spacial score (nSPS) is 10.1. The Bertz CT molecular complexity index is 1180. The summed E-state index contributed by atoms with van der Waals surface area (Å²) in [5, 5.41) is 4.63. The smallest absolute Gasteiger partial charge is 0.0406 e. The maximum absolute atomic E-state index is 3.44. The van der Waals surface area contributed by atoms with E-state index in [-0.39, 0.29) is 0 Å². The van der Waals surface area contributed by atoms with Gasteiger partial charge in [0.2, 0.25) is 0 Å². The Labute approximate surface area is 154 Å². The average Bonchev–Trinajstić information content (AvgIpc) is 2.69. The van der Waals surface area contributed by atoms with Crippen molar-refractivity contribution in [1.29, 1.82) is 0 Å². The first-order valence-electron chi connectivity index (χ1n) is 8.73. The summed E-state index contributed by atoms with van der Waals surface area (Å²) >= 11 is 0. The van der Waals surface area contributed by atoms with E-state index in [0.717, 1.165) is 38.2 Å². The van der Waals surface area contributed by atoms with Crippen LogP contribution in [0.3, 0.4) is 0 Å². The molecule has 0 amide bonds. The van der Waals surface area contributed by atoms with Crippen molar-refractivity contribution >= 4 is 21.5 Å². The monoisotopic (exact) mass is 330 g/mol. The van der Waals surface area contributed by atoms with E-state index in [1.807, 2.05) is 6.92 Å². The molecule has 0 radical (unpaired) electrons. The van der Waals surface area contributed by atoms with Crippen molar-refractivity contribution in [3.05, 3.63) is 95.1 Å². The Hall–Kier alpha value is -3.48. The van der Waals surface area contributed by atoms with Gasteiger partial charge in [-0.2, -0.15) is 0 Å². The van der Waals surface area contributed by atoms with Gasteiger partial charge in [-0.15, -0.1) is 5.92 Å². The molecule has 26 heavy (non-hydrogen) atoms. The van der Waals surface area contributed by atoms with Crippen LogP contribution in [0, 0.1) is 30.6 Å². The predicted molar refractivity (Wildman–Crippen MR) is 111 cm³/mol. The fourth-order valence-corrected chi connectivity index (χ4v) is 3.29. The van der Waals surface area contributed by atoms with Crippen molar-refractivity contribution in [2.45, 2.75) is 13.8 Å². The fourth-order valence-electron chi connectivity index (χ4n) is 3.29. The van der Waals surface area contributed by atoms with Crippen LogP contribution < -0.4 is 0 Å². The van der Waals surface area contributed by atoms with Crippen LogP contribution in [-0.4, -0.2) is 0 Å². The van der Waals surface area contributed by atoms with Crippen molar-refractivity contribution in [2.75, 3.05) is 0 Å². The molecule has 0 atom stereocenters. The molecule has 0 aliphatic rings. The van der Waals surface area contributed by atoms with E-state index < -0.39 is 0 Å². The number of rotatable bonds is 0. The molecule has 0 aromatic heterocycles. The van der Waals surface area contributed by atoms with Gasteiger partial charge < -0.3 is 0 Å². The zero-order chi connectivity index (χ0) is 17.9. The molecule has 122 valence electrons. The third-order valence-electron chi connectivity index (χ3n) is 4.56. The predicted octanol–water partition coefficient (Wildman–Crippen LogP) is 6.07. The van der Waals surface area contributed by atoms with E-state index in [0.29, 0.717) is 0 Å². The van der Waals surface area contributed by atoms with Crippen molar-refractivity contribution in [3.8, 4) is 23.7 Å². The highest BCUT2D eigenvalue weighted by Crippen LogP contribution is 2.32. The molecule has 0 aliphatic heterocycles. The van der Waals surface area contributed by atoms with Crippen LogP contribution in [0.25, 0.3) is 21.5 Å². The third kappa shape index (κ3) is 2.83. The van der Waals surface area contributed by atoms with Gasteiger partial charge in [0.05, 0.1) is 0 Å². The number of benzene rings is 4. The number of fused-ring (bicyclic) bond motifs is 2. The Balaban J connectivity index is 2.06. The minimum absolute atomic E-state index is 1.03. The first kappa shape index (κ1) is 16.0. The van der Waals surface area contributed by atoms with E-state index in [9.17, 15) is 0 Å². The molecule has 4 rings (SSSR count). The molecule has 0 aliphatic carbocycles. The first-order valence-corrected chi connectivity index (χ1v) is 8.73. The van der Waals surface area contributed by atoms with Gasteiger partial charge in [-0.05, 0) is 47.5 Å². The van der Waals surface area contributed by atoms with Gasteiger partial charge in [0, 0.05) is 16.7 Å². The lowest BCUT2D eigenvalue weighted by Crippen LogP contribution is -1.90. The zero-order valence-electron chi connectivity index (χ0n) is 14.9. The lowest BCUT2D eigenvalue weighted by atomic mass is 9.92. The third-order valence-corrected chi connectivity index (χ3v) is 4.56. The van der Waals surface area contributed by atoms with E-state index >= 15 is 0 Å². The topological polar surface area (TPSA) is 0 Å². The van der Waals surface area contributed by atoms with Crippen LogP contribution in [0.1, 0.15) is 29.2 Å². The van der Waals surface area contributed by atoms with Gasteiger partial charge >= 0.3 is 0 Å². The van der Waals surface area contributed by atoms with Crippen LogP contribution in [-0.2, 0) is 0 Å². The maximum atomic E-state index is 3.44. The summed E-state index contributed by atoms with van der Waals surface area (Å²) in [4.78, 5) is 0. The van der Waals surface area contributed by atoms with Crippen molar-refractivity contribution in [3.63, 3.8) is 0 Å². The summed E-state index contributed by atoms with van der Waals surface area (Å²) in [5.41, 5.74) is 4.42. The molecular weight excluding hydrogens is 312 g/mol. The van der Waals surface area contributed by atoms with Crippen LogP contribution in [0.15, 0.2) is 72.8 Å². The highest BCUT2D eigenvalue weighted by Gasteiger charge is 2.10. The Morgan fingerprint density at radius 1 is 0.538 bits per heavy atom. The molecule has 4 aromatic carbocycles. The lowest BCUT2D eigenvalue weighted by Gasteiger charge is -2.10. The summed E-state index contributed by atoms with van der Waals surface area (Å²) in [6.45, 7) is 3.97. The van der Waals surface area contributed by atoms with E-state index in [1.165, 1.54) is 5.56 Å². The molecule has 0 spiro atoms. The maximum Gasteiger partial charge on any atom is 0.0406 e. The average molecular weight is 330 g/mol. The Morgan fingerprint density at radius 3 is 1.46 bits per heavy atom. The van der Waals surface area contributed by atoms with Gasteiger partial charge in [0.15, 0.2) is 0 Å². The van der Waals surface area contributed by atoms with Crippen LogP contribution in [0.5, 0.6) is 0 Å². The quantitative estimate of drug-likeness (QED) is 0.271. The fraction of sp³-hybridized carbons (Fsp3) is 0.0769. The van der Waals surface area contributed by atoms with Crippen molar-refractivity contribution in [2.24, 2.45) is 0 Å². The molecule has 4 aromatic rings. The summed E-state index contributed by atoms with van der Waals surface area (Å²) in [6.07, 6.45) is 0. The minimum Gasteiger partial charge on any atom is -0.101 e. The van der Waals surface area contributed by atoms with Crippen LogP contribution >= 0.6 is 0 Å². The molecule has 0 fully saturated rings. The SMILES string of the molecule is CC#Cc1c2ccccc2c(C#Cc2ccc(C)cc2)c2ccccc12. The Morgan fingerprint density at radius 2 is 1.00 bits per heavy atom.